The zero-order chi connectivity index (χ0) is 25.8. The van der Waals surface area contributed by atoms with Gasteiger partial charge in [-0.15, -0.1) is 24.0 Å². The van der Waals surface area contributed by atoms with Crippen molar-refractivity contribution in [1.29, 1.82) is 0 Å². The first-order valence-corrected chi connectivity index (χ1v) is 15.7. The summed E-state index contributed by atoms with van der Waals surface area (Å²) in [5.74, 6) is 0. The van der Waals surface area contributed by atoms with Crippen molar-refractivity contribution in [3.05, 3.63) is 182 Å². The minimum atomic E-state index is -0.877. The van der Waals surface area contributed by atoms with E-state index in [1.165, 1.54) is 31.8 Å². The molecule has 0 aliphatic carbocycles. The van der Waals surface area contributed by atoms with E-state index in [1.54, 1.807) is 0 Å². The molecule has 4 N–H and O–H groups in total. The van der Waals surface area contributed by atoms with Crippen molar-refractivity contribution >= 4 is 71.6 Å². The van der Waals surface area contributed by atoms with Crippen LogP contribution in [-0.4, -0.2) is 11.0 Å². The normalized spacial score (nSPS) is 9.57. The van der Waals surface area contributed by atoms with Crippen molar-refractivity contribution in [2.24, 2.45) is 0 Å². The molecule has 1 radical (unpaired) electrons. The molecule has 6 aromatic carbocycles. The van der Waals surface area contributed by atoms with Crippen LogP contribution in [0.3, 0.4) is 0 Å². The fourth-order valence-electron chi connectivity index (χ4n) is 4.49. The monoisotopic (exact) mass is 876 g/mol. The Balaban J connectivity index is 0.000000383. The van der Waals surface area contributed by atoms with Crippen LogP contribution < -0.4 is 31.8 Å². The third kappa shape index (κ3) is 10.3. The molecule has 0 unspecified atom stereocenters. The van der Waals surface area contributed by atoms with Gasteiger partial charge in [0.25, 0.3) is 0 Å². The van der Waals surface area contributed by atoms with E-state index in [-0.39, 0.29) is 55.4 Å². The van der Waals surface area contributed by atoms with Crippen molar-refractivity contribution in [2.45, 2.75) is 0 Å². The summed E-state index contributed by atoms with van der Waals surface area (Å²) in [4.78, 5) is 0. The van der Waals surface area contributed by atoms with Gasteiger partial charge in [-0.1, -0.05) is 146 Å². The van der Waals surface area contributed by atoms with E-state index in [0.29, 0.717) is 0 Å². The Morgan fingerprint density at radius 3 is 0.714 bits per heavy atom. The van der Waals surface area contributed by atoms with Crippen LogP contribution in [0.1, 0.15) is 0 Å². The van der Waals surface area contributed by atoms with Gasteiger partial charge >= 0.3 is 0 Å². The SMILES string of the molecule is I.O.O.[Re].c1ccc(P(c2ccccc2)c2ccccc2)cc1.c1ccc([PH+](c2ccccc2)c2ccccc2)cc1. The number of rotatable bonds is 6. The van der Waals surface area contributed by atoms with Crippen molar-refractivity contribution in [3.63, 3.8) is 0 Å². The summed E-state index contributed by atoms with van der Waals surface area (Å²) < 4.78 is 0. The van der Waals surface area contributed by atoms with Gasteiger partial charge < -0.3 is 11.0 Å². The standard InChI is InChI=1S/2C18H15P.HI.2H2O.Re/c2*1-4-10-16(11-5-1)19(17-12-6-2-7-13-17)18-14-8-3-9-15-18;;;;/h2*1-15H;1H;2*1H2;/p+1. The van der Waals surface area contributed by atoms with E-state index >= 15 is 0 Å². The molecular formula is C36H36IO2P2Re+. The number of benzene rings is 6. The average molecular weight is 876 g/mol. The molecule has 0 aliphatic heterocycles. The van der Waals surface area contributed by atoms with Crippen LogP contribution in [0.5, 0.6) is 0 Å². The van der Waals surface area contributed by atoms with E-state index in [2.05, 4.69) is 182 Å². The minimum Gasteiger partial charge on any atom is -0.412 e. The third-order valence-electron chi connectivity index (χ3n) is 6.23. The maximum absolute atomic E-state index is 2.24. The van der Waals surface area contributed by atoms with Crippen molar-refractivity contribution < 1.29 is 31.4 Å². The van der Waals surface area contributed by atoms with Crippen LogP contribution in [0.15, 0.2) is 182 Å². The van der Waals surface area contributed by atoms with Crippen molar-refractivity contribution in [3.8, 4) is 0 Å². The Kier molecular flexibility index (Phi) is 18.2. The van der Waals surface area contributed by atoms with Crippen LogP contribution in [-0.2, 0) is 20.4 Å². The molecule has 215 valence electrons. The predicted molar refractivity (Wildman–Crippen MR) is 194 cm³/mol. The van der Waals surface area contributed by atoms with Gasteiger partial charge in [-0.25, -0.2) is 0 Å². The zero-order valence-corrected chi connectivity index (χ0v) is 30.0. The maximum atomic E-state index is 2.24. The summed E-state index contributed by atoms with van der Waals surface area (Å²) in [5.41, 5.74) is 0. The second-order valence-corrected chi connectivity index (χ2v) is 13.5. The minimum absolute atomic E-state index is 0. The molecule has 0 spiro atoms. The van der Waals surface area contributed by atoms with Gasteiger partial charge in [0, 0.05) is 20.4 Å². The van der Waals surface area contributed by atoms with E-state index in [1.807, 2.05) is 0 Å². The summed E-state index contributed by atoms with van der Waals surface area (Å²) in [6.07, 6.45) is 0. The van der Waals surface area contributed by atoms with Crippen LogP contribution in [0.4, 0.5) is 0 Å². The number of hydrogen-bond acceptors (Lipinski definition) is 0. The third-order valence-corrected chi connectivity index (χ3v) is 11.4. The van der Waals surface area contributed by atoms with Gasteiger partial charge in [0.2, 0.25) is 0 Å². The van der Waals surface area contributed by atoms with Crippen LogP contribution in [0.2, 0.25) is 0 Å². The molecule has 0 saturated heterocycles. The summed E-state index contributed by atoms with van der Waals surface area (Å²) >= 11 is 0. The summed E-state index contributed by atoms with van der Waals surface area (Å²) in [5, 5.41) is 8.50. The Hall–Kier alpha value is -2.51. The van der Waals surface area contributed by atoms with Crippen molar-refractivity contribution in [1.82, 2.24) is 0 Å². The average Bonchev–Trinajstić information content (AvgIpc) is 3.01. The molecule has 2 nitrogen and oxygen atoms in total. The molecule has 0 atom stereocenters. The van der Waals surface area contributed by atoms with Crippen molar-refractivity contribution in [2.75, 3.05) is 0 Å². The van der Waals surface area contributed by atoms with Gasteiger partial charge in [0.15, 0.2) is 0 Å². The Morgan fingerprint density at radius 1 is 0.310 bits per heavy atom. The second-order valence-electron chi connectivity index (χ2n) is 8.82. The van der Waals surface area contributed by atoms with Gasteiger partial charge in [0.1, 0.15) is 15.9 Å². The summed E-state index contributed by atoms with van der Waals surface area (Å²) in [6, 6.07) is 64.8. The Morgan fingerprint density at radius 2 is 0.500 bits per heavy atom. The van der Waals surface area contributed by atoms with Gasteiger partial charge in [-0.3, -0.25) is 0 Å². The number of halogens is 1. The first-order valence-electron chi connectivity index (χ1n) is 12.9. The molecular weight excluding hydrogens is 839 g/mol. The largest absolute Gasteiger partial charge is 0.412 e. The second kappa shape index (κ2) is 20.4. The van der Waals surface area contributed by atoms with Crippen LogP contribution in [0, 0.1) is 0 Å². The molecule has 0 heterocycles. The zero-order valence-electron chi connectivity index (χ0n) is 23.1. The molecule has 0 bridgehead atoms. The van der Waals surface area contributed by atoms with Gasteiger partial charge in [-0.2, -0.15) is 0 Å². The summed E-state index contributed by atoms with van der Waals surface area (Å²) in [7, 11) is -1.32. The quantitative estimate of drug-likeness (QED) is 0.155. The predicted octanol–water partition coefficient (Wildman–Crippen LogP) is 5.59. The molecule has 0 aromatic heterocycles. The Bertz CT molecular complexity index is 1190. The van der Waals surface area contributed by atoms with Gasteiger partial charge in [0.05, 0.1) is 7.92 Å². The first kappa shape index (κ1) is 37.5. The topological polar surface area (TPSA) is 63.0 Å². The van der Waals surface area contributed by atoms with E-state index in [0.717, 1.165) is 0 Å². The first-order chi connectivity index (χ1) is 18.9. The van der Waals surface area contributed by atoms with Crippen LogP contribution >= 0.6 is 39.8 Å². The molecule has 6 aromatic rings. The fraction of sp³-hybridized carbons (Fsp3) is 0. The molecule has 0 amide bonds. The smallest absolute Gasteiger partial charge is 0.102 e. The molecule has 0 aliphatic rings. The fourth-order valence-corrected chi connectivity index (χ4v) is 9.38. The molecule has 0 fully saturated rings. The van der Waals surface area contributed by atoms with Crippen LogP contribution in [0.25, 0.3) is 0 Å². The van der Waals surface area contributed by atoms with E-state index < -0.39 is 15.8 Å². The van der Waals surface area contributed by atoms with E-state index in [9.17, 15) is 0 Å². The Labute approximate surface area is 283 Å². The van der Waals surface area contributed by atoms with Gasteiger partial charge in [-0.05, 0) is 60.2 Å². The summed E-state index contributed by atoms with van der Waals surface area (Å²) in [6.45, 7) is 0. The molecule has 0 saturated carbocycles. The number of hydrogen-bond donors (Lipinski definition) is 0. The maximum Gasteiger partial charge on any atom is 0.102 e. The molecule has 6 rings (SSSR count). The molecule has 42 heavy (non-hydrogen) atoms. The molecule has 6 heteroatoms. The van der Waals surface area contributed by atoms with E-state index in [4.69, 9.17) is 0 Å².